The van der Waals surface area contributed by atoms with Crippen LogP contribution in [0.5, 0.6) is 11.5 Å². The Kier molecular flexibility index (Phi) is 5.90. The number of methoxy groups -OCH3 is 1. The van der Waals surface area contributed by atoms with E-state index in [-0.39, 0.29) is 12.5 Å². The molecule has 0 aliphatic heterocycles. The minimum absolute atomic E-state index is 0.0790. The van der Waals surface area contributed by atoms with Gasteiger partial charge in [-0.25, -0.2) is 4.98 Å². The van der Waals surface area contributed by atoms with Gasteiger partial charge in [0.2, 0.25) is 0 Å². The largest absolute Gasteiger partial charge is 0.497 e. The third-order valence-electron chi connectivity index (χ3n) is 4.62. The first kappa shape index (κ1) is 19.8. The number of carbonyl (C=O) groups excluding carboxylic acids is 1. The number of ether oxygens (including phenoxy) is 2. The van der Waals surface area contributed by atoms with Crippen molar-refractivity contribution in [1.82, 2.24) is 9.97 Å². The molecule has 0 unspecified atom stereocenters. The van der Waals surface area contributed by atoms with Crippen molar-refractivity contribution in [3.63, 3.8) is 0 Å². The summed E-state index contributed by atoms with van der Waals surface area (Å²) < 4.78 is 12.1. The third-order valence-corrected chi connectivity index (χ3v) is 5.67. The molecule has 0 spiro atoms. The molecule has 4 rings (SSSR count). The summed E-state index contributed by atoms with van der Waals surface area (Å²) in [6.07, 6.45) is 3.46. The van der Waals surface area contributed by atoms with E-state index < -0.39 is 0 Å². The number of thiazole rings is 1. The highest BCUT2D eigenvalue weighted by atomic mass is 32.1. The van der Waals surface area contributed by atoms with Crippen LogP contribution in [-0.2, 0) is 11.3 Å². The number of aromatic nitrogens is 2. The Morgan fingerprint density at radius 2 is 2.00 bits per heavy atom. The van der Waals surface area contributed by atoms with Gasteiger partial charge in [0.05, 0.1) is 23.9 Å². The molecule has 0 saturated heterocycles. The predicted octanol–water partition coefficient (Wildman–Crippen LogP) is 4.62. The zero-order chi connectivity index (χ0) is 20.9. The second-order valence-corrected chi connectivity index (χ2v) is 7.73. The number of fused-ring (bicyclic) bond motifs is 1. The number of amides is 1. The molecule has 152 valence electrons. The highest BCUT2D eigenvalue weighted by Crippen LogP contribution is 2.32. The summed E-state index contributed by atoms with van der Waals surface area (Å²) in [6.45, 7) is 2.24. The Labute approximate surface area is 178 Å². The summed E-state index contributed by atoms with van der Waals surface area (Å²) in [7, 11) is 1.63. The number of aryl methyl sites for hydroxylation is 1. The summed E-state index contributed by atoms with van der Waals surface area (Å²) in [5, 5.41) is 0.612. The number of rotatable bonds is 7. The fraction of sp³-hybridized carbons (Fsp3) is 0.174. The van der Waals surface area contributed by atoms with Crippen LogP contribution in [0.25, 0.3) is 10.2 Å². The maximum Gasteiger partial charge on any atom is 0.267 e. The van der Waals surface area contributed by atoms with Crippen LogP contribution in [0, 0.1) is 6.92 Å². The van der Waals surface area contributed by atoms with Crippen LogP contribution in [0.4, 0.5) is 5.13 Å². The molecule has 0 saturated carbocycles. The molecule has 2 aromatic heterocycles. The average Bonchev–Trinajstić information content (AvgIpc) is 3.20. The van der Waals surface area contributed by atoms with Gasteiger partial charge in [-0.3, -0.25) is 14.7 Å². The molecule has 2 heterocycles. The van der Waals surface area contributed by atoms with Gasteiger partial charge in [0.25, 0.3) is 5.91 Å². The topological polar surface area (TPSA) is 64.5 Å². The molecule has 0 bridgehead atoms. The summed E-state index contributed by atoms with van der Waals surface area (Å²) in [5.74, 6) is 1.28. The van der Waals surface area contributed by atoms with E-state index in [2.05, 4.69) is 9.97 Å². The summed E-state index contributed by atoms with van der Waals surface area (Å²) in [6, 6.07) is 17.1. The number of pyridine rings is 1. The molecule has 30 heavy (non-hydrogen) atoms. The number of para-hydroxylation sites is 1. The van der Waals surface area contributed by atoms with Gasteiger partial charge in [0.1, 0.15) is 11.5 Å². The van der Waals surface area contributed by atoms with Crippen molar-refractivity contribution < 1.29 is 14.3 Å². The van der Waals surface area contributed by atoms with E-state index in [9.17, 15) is 4.79 Å². The zero-order valence-corrected chi connectivity index (χ0v) is 17.6. The van der Waals surface area contributed by atoms with Gasteiger partial charge in [-0.15, -0.1) is 0 Å². The molecule has 2 aromatic carbocycles. The first-order chi connectivity index (χ1) is 14.6. The van der Waals surface area contributed by atoms with Gasteiger partial charge in [0, 0.05) is 12.4 Å². The minimum atomic E-state index is -0.173. The first-order valence-electron chi connectivity index (χ1n) is 9.46. The summed E-state index contributed by atoms with van der Waals surface area (Å²) in [5.41, 5.74) is 2.72. The molecule has 0 fully saturated rings. The number of hydrogen-bond acceptors (Lipinski definition) is 6. The zero-order valence-electron chi connectivity index (χ0n) is 16.7. The van der Waals surface area contributed by atoms with Crippen molar-refractivity contribution >= 4 is 32.6 Å². The smallest absolute Gasteiger partial charge is 0.267 e. The van der Waals surface area contributed by atoms with Crippen LogP contribution in [0.3, 0.4) is 0 Å². The van der Waals surface area contributed by atoms with E-state index in [1.165, 1.54) is 11.3 Å². The van der Waals surface area contributed by atoms with E-state index >= 15 is 0 Å². The lowest BCUT2D eigenvalue weighted by molar-refractivity contribution is -0.120. The van der Waals surface area contributed by atoms with Gasteiger partial charge < -0.3 is 9.47 Å². The molecule has 4 aromatic rings. The summed E-state index contributed by atoms with van der Waals surface area (Å²) in [4.78, 5) is 23.6. The van der Waals surface area contributed by atoms with Crippen LogP contribution in [0.15, 0.2) is 67.0 Å². The Hall–Kier alpha value is -3.45. The highest BCUT2D eigenvalue weighted by Gasteiger charge is 2.21. The molecule has 0 radical (unpaired) electrons. The lowest BCUT2D eigenvalue weighted by Gasteiger charge is -2.20. The van der Waals surface area contributed by atoms with Crippen molar-refractivity contribution in [3.8, 4) is 11.5 Å². The second-order valence-electron chi connectivity index (χ2n) is 6.73. The lowest BCUT2D eigenvalue weighted by atomic mass is 10.2. The van der Waals surface area contributed by atoms with Crippen LogP contribution >= 0.6 is 11.3 Å². The predicted molar refractivity (Wildman–Crippen MR) is 118 cm³/mol. The van der Waals surface area contributed by atoms with E-state index in [0.29, 0.717) is 17.4 Å². The van der Waals surface area contributed by atoms with Crippen molar-refractivity contribution in [2.24, 2.45) is 0 Å². The van der Waals surface area contributed by atoms with Gasteiger partial charge in [-0.1, -0.05) is 35.6 Å². The minimum Gasteiger partial charge on any atom is -0.497 e. The molecule has 7 heteroatoms. The van der Waals surface area contributed by atoms with E-state index in [1.54, 1.807) is 24.4 Å². The van der Waals surface area contributed by atoms with Crippen molar-refractivity contribution in [1.29, 1.82) is 0 Å². The normalized spacial score (nSPS) is 10.7. The van der Waals surface area contributed by atoms with E-state index in [0.717, 1.165) is 27.1 Å². The van der Waals surface area contributed by atoms with Crippen LogP contribution in [-0.4, -0.2) is 29.6 Å². The molecule has 0 N–H and O–H groups in total. The standard InChI is InChI=1S/C23H21N3O3S/c1-16-6-3-4-8-20(16)29-15-22(27)26(14-17-7-5-11-24-13-17)23-25-19-10-9-18(28-2)12-21(19)30-23/h3-13H,14-15H2,1-2H3. The summed E-state index contributed by atoms with van der Waals surface area (Å²) >= 11 is 1.45. The molecule has 0 aliphatic carbocycles. The van der Waals surface area contributed by atoms with Crippen LogP contribution in [0.2, 0.25) is 0 Å². The van der Waals surface area contributed by atoms with Gasteiger partial charge in [-0.2, -0.15) is 0 Å². The maximum absolute atomic E-state index is 13.2. The van der Waals surface area contributed by atoms with Crippen LogP contribution < -0.4 is 14.4 Å². The number of nitrogens with zero attached hydrogens (tertiary/aromatic N) is 3. The fourth-order valence-corrected chi connectivity index (χ4v) is 4.02. The van der Waals surface area contributed by atoms with Gasteiger partial charge in [0.15, 0.2) is 11.7 Å². The van der Waals surface area contributed by atoms with E-state index in [4.69, 9.17) is 9.47 Å². The number of carbonyl (C=O) groups is 1. The van der Waals surface area contributed by atoms with Crippen LogP contribution in [0.1, 0.15) is 11.1 Å². The van der Waals surface area contributed by atoms with Gasteiger partial charge in [-0.05, 0) is 48.4 Å². The molecule has 0 atom stereocenters. The highest BCUT2D eigenvalue weighted by molar-refractivity contribution is 7.22. The SMILES string of the molecule is COc1ccc2nc(N(Cc3cccnc3)C(=O)COc3ccccc3C)sc2c1. The quantitative estimate of drug-likeness (QED) is 0.437. The molecular weight excluding hydrogens is 398 g/mol. The molecule has 0 aliphatic rings. The Morgan fingerprint density at radius 3 is 2.77 bits per heavy atom. The second kappa shape index (κ2) is 8.92. The molecular formula is C23H21N3O3S. The first-order valence-corrected chi connectivity index (χ1v) is 10.3. The van der Waals surface area contributed by atoms with Crippen molar-refractivity contribution in [3.05, 3.63) is 78.1 Å². The third kappa shape index (κ3) is 4.41. The lowest BCUT2D eigenvalue weighted by Crippen LogP contribution is -2.34. The number of hydrogen-bond donors (Lipinski definition) is 0. The Morgan fingerprint density at radius 1 is 1.13 bits per heavy atom. The molecule has 6 nitrogen and oxygen atoms in total. The van der Waals surface area contributed by atoms with Crippen molar-refractivity contribution in [2.45, 2.75) is 13.5 Å². The average molecular weight is 420 g/mol. The molecule has 1 amide bonds. The fourth-order valence-electron chi connectivity index (χ4n) is 3.01. The Balaban J connectivity index is 1.62. The number of benzene rings is 2. The monoisotopic (exact) mass is 419 g/mol. The maximum atomic E-state index is 13.2. The van der Waals surface area contributed by atoms with Crippen molar-refractivity contribution in [2.75, 3.05) is 18.6 Å². The Bertz CT molecular complexity index is 1160. The number of anilines is 1. The van der Waals surface area contributed by atoms with Gasteiger partial charge >= 0.3 is 0 Å². The van der Waals surface area contributed by atoms with E-state index in [1.807, 2.05) is 61.5 Å².